The van der Waals surface area contributed by atoms with Gasteiger partial charge in [0.25, 0.3) is 11.4 Å². The SMILES string of the molecule is CCCCCCCCCCCCCCC(Cc1cc([N+](=O)[O-])cc([N+](=O)[O-])c1)CC(C(=O)O)C(=O)O. The minimum Gasteiger partial charge on any atom is -0.481 e. The number of aliphatic carboxylic acids is 2. The van der Waals surface area contributed by atoms with E-state index in [1.54, 1.807) is 0 Å². The second-order valence-electron chi connectivity index (χ2n) is 9.58. The van der Waals surface area contributed by atoms with Crippen molar-refractivity contribution in [2.45, 2.75) is 103 Å². The van der Waals surface area contributed by atoms with Gasteiger partial charge in [0, 0.05) is 12.1 Å². The molecule has 0 fully saturated rings. The van der Waals surface area contributed by atoms with Crippen molar-refractivity contribution in [3.63, 3.8) is 0 Å². The van der Waals surface area contributed by atoms with Crippen molar-refractivity contribution in [3.8, 4) is 0 Å². The Kier molecular flexibility index (Phi) is 15.0. The normalized spacial score (nSPS) is 11.9. The van der Waals surface area contributed by atoms with Crippen LogP contribution in [-0.2, 0) is 16.0 Å². The average Bonchev–Trinajstić information content (AvgIpc) is 2.82. The molecule has 0 aliphatic heterocycles. The molecule has 0 aliphatic rings. The number of non-ortho nitro benzene ring substituents is 2. The van der Waals surface area contributed by atoms with Gasteiger partial charge in [0.2, 0.25) is 0 Å². The third kappa shape index (κ3) is 12.6. The van der Waals surface area contributed by atoms with Gasteiger partial charge < -0.3 is 10.2 Å². The molecule has 0 aliphatic carbocycles. The topological polar surface area (TPSA) is 161 Å². The lowest BCUT2D eigenvalue weighted by molar-refractivity contribution is -0.394. The minimum atomic E-state index is -1.60. The van der Waals surface area contributed by atoms with E-state index in [4.69, 9.17) is 0 Å². The molecule has 202 valence electrons. The molecule has 1 unspecified atom stereocenters. The van der Waals surface area contributed by atoms with Crippen LogP contribution in [-0.4, -0.2) is 32.0 Å². The van der Waals surface area contributed by atoms with E-state index >= 15 is 0 Å². The lowest BCUT2D eigenvalue weighted by Crippen LogP contribution is -2.26. The molecule has 10 nitrogen and oxygen atoms in total. The number of carboxylic acids is 2. The van der Waals surface area contributed by atoms with Crippen LogP contribution < -0.4 is 0 Å². The van der Waals surface area contributed by atoms with Crippen LogP contribution in [0.25, 0.3) is 0 Å². The van der Waals surface area contributed by atoms with E-state index in [9.17, 15) is 40.0 Å². The van der Waals surface area contributed by atoms with Gasteiger partial charge in [0.05, 0.1) is 15.9 Å². The Hall–Kier alpha value is -3.04. The lowest BCUT2D eigenvalue weighted by Gasteiger charge is -2.19. The van der Waals surface area contributed by atoms with Crippen LogP contribution in [0.15, 0.2) is 18.2 Å². The van der Waals surface area contributed by atoms with Crippen LogP contribution >= 0.6 is 0 Å². The van der Waals surface area contributed by atoms with Gasteiger partial charge in [0.15, 0.2) is 5.92 Å². The lowest BCUT2D eigenvalue weighted by atomic mass is 9.85. The van der Waals surface area contributed by atoms with Crippen molar-refractivity contribution in [2.24, 2.45) is 11.8 Å². The molecule has 1 aromatic carbocycles. The number of nitro benzene ring substituents is 2. The fourth-order valence-corrected chi connectivity index (χ4v) is 4.54. The highest BCUT2D eigenvalue weighted by Gasteiger charge is 2.30. The fourth-order valence-electron chi connectivity index (χ4n) is 4.54. The Labute approximate surface area is 212 Å². The molecule has 0 saturated carbocycles. The Balaban J connectivity index is 2.65. The Bertz CT molecular complexity index is 812. The summed E-state index contributed by atoms with van der Waals surface area (Å²) in [5, 5.41) is 41.0. The molecule has 0 saturated heterocycles. The molecule has 0 aromatic heterocycles. The van der Waals surface area contributed by atoms with Gasteiger partial charge in [-0.25, -0.2) is 0 Å². The van der Waals surface area contributed by atoms with Gasteiger partial charge in [-0.15, -0.1) is 0 Å². The number of benzene rings is 1. The van der Waals surface area contributed by atoms with E-state index in [0.29, 0.717) is 12.0 Å². The molecule has 1 atom stereocenters. The molecular formula is C26H40N2O8. The maximum Gasteiger partial charge on any atom is 0.317 e. The molecule has 0 spiro atoms. The van der Waals surface area contributed by atoms with E-state index < -0.39 is 39.1 Å². The Morgan fingerprint density at radius 1 is 0.750 bits per heavy atom. The van der Waals surface area contributed by atoms with Crippen LogP contribution in [0.4, 0.5) is 11.4 Å². The maximum absolute atomic E-state index is 11.4. The van der Waals surface area contributed by atoms with E-state index in [2.05, 4.69) is 6.92 Å². The third-order valence-electron chi connectivity index (χ3n) is 6.54. The Morgan fingerprint density at radius 3 is 1.56 bits per heavy atom. The van der Waals surface area contributed by atoms with Gasteiger partial charge in [-0.3, -0.25) is 29.8 Å². The number of hydrogen-bond acceptors (Lipinski definition) is 6. The number of rotatable bonds is 21. The smallest absolute Gasteiger partial charge is 0.317 e. The first kappa shape index (κ1) is 31.0. The van der Waals surface area contributed by atoms with Crippen molar-refractivity contribution in [1.82, 2.24) is 0 Å². The van der Waals surface area contributed by atoms with Gasteiger partial charge >= 0.3 is 11.9 Å². The number of carbonyl (C=O) groups is 2. The van der Waals surface area contributed by atoms with Crippen molar-refractivity contribution in [1.29, 1.82) is 0 Å². The summed E-state index contributed by atoms with van der Waals surface area (Å²) < 4.78 is 0. The summed E-state index contributed by atoms with van der Waals surface area (Å²) in [7, 11) is 0. The first-order valence-electron chi connectivity index (χ1n) is 13.0. The summed E-state index contributed by atoms with van der Waals surface area (Å²) >= 11 is 0. The largest absolute Gasteiger partial charge is 0.481 e. The van der Waals surface area contributed by atoms with Crippen LogP contribution in [0.1, 0.15) is 102 Å². The van der Waals surface area contributed by atoms with Crippen LogP contribution in [0.5, 0.6) is 0 Å². The predicted octanol–water partition coefficient (Wildman–Crippen LogP) is 6.93. The molecule has 10 heteroatoms. The zero-order chi connectivity index (χ0) is 26.9. The summed E-state index contributed by atoms with van der Waals surface area (Å²) in [4.78, 5) is 43.8. The van der Waals surface area contributed by atoms with Gasteiger partial charge in [-0.2, -0.15) is 0 Å². The summed E-state index contributed by atoms with van der Waals surface area (Å²) in [5.74, 6) is -4.85. The molecule has 1 rings (SSSR count). The van der Waals surface area contributed by atoms with Crippen molar-refractivity contribution < 1.29 is 29.6 Å². The van der Waals surface area contributed by atoms with Gasteiger partial charge in [-0.1, -0.05) is 90.4 Å². The molecule has 2 N–H and O–H groups in total. The summed E-state index contributed by atoms with van der Waals surface area (Å²) in [6.45, 7) is 2.21. The third-order valence-corrected chi connectivity index (χ3v) is 6.54. The monoisotopic (exact) mass is 508 g/mol. The first-order valence-corrected chi connectivity index (χ1v) is 13.0. The van der Waals surface area contributed by atoms with Crippen LogP contribution in [0.2, 0.25) is 0 Å². The van der Waals surface area contributed by atoms with Crippen LogP contribution in [0.3, 0.4) is 0 Å². The number of hydrogen-bond donors (Lipinski definition) is 2. The molecular weight excluding hydrogens is 468 g/mol. The van der Waals surface area contributed by atoms with Crippen LogP contribution in [0, 0.1) is 32.1 Å². The average molecular weight is 509 g/mol. The number of carboxylic acid groups (broad SMARTS) is 2. The van der Waals surface area contributed by atoms with E-state index in [-0.39, 0.29) is 18.8 Å². The highest BCUT2D eigenvalue weighted by molar-refractivity contribution is 5.92. The molecule has 0 bridgehead atoms. The highest BCUT2D eigenvalue weighted by Crippen LogP contribution is 2.29. The fraction of sp³-hybridized carbons (Fsp3) is 0.692. The molecule has 36 heavy (non-hydrogen) atoms. The zero-order valence-corrected chi connectivity index (χ0v) is 21.2. The standard InChI is InChI=1S/C26H40N2O8/c1-2-3-4-5-6-7-8-9-10-11-12-13-14-20(18-24(25(29)30)26(31)32)15-21-16-22(27(33)34)19-23(17-21)28(35)36/h16-17,19-20,24H,2-15,18H2,1H3,(H,29,30)(H,31,32). The van der Waals surface area contributed by atoms with Crippen molar-refractivity contribution in [3.05, 3.63) is 44.0 Å². The van der Waals surface area contributed by atoms with E-state index in [1.165, 1.54) is 63.5 Å². The highest BCUT2D eigenvalue weighted by atomic mass is 16.6. The van der Waals surface area contributed by atoms with E-state index in [0.717, 1.165) is 31.7 Å². The molecule has 0 heterocycles. The maximum atomic E-state index is 11.4. The van der Waals surface area contributed by atoms with Gasteiger partial charge in [0.1, 0.15) is 0 Å². The molecule has 1 aromatic rings. The summed E-state index contributed by atoms with van der Waals surface area (Å²) in [6.07, 6.45) is 14.5. The number of unbranched alkanes of at least 4 members (excludes halogenated alkanes) is 11. The molecule has 0 amide bonds. The van der Waals surface area contributed by atoms with Gasteiger partial charge in [-0.05, 0) is 24.3 Å². The predicted molar refractivity (Wildman–Crippen MR) is 136 cm³/mol. The summed E-state index contributed by atoms with van der Waals surface area (Å²) in [5.41, 5.74) is -0.512. The van der Waals surface area contributed by atoms with E-state index in [1.807, 2.05) is 0 Å². The second kappa shape index (κ2) is 17.4. The number of nitro groups is 2. The summed E-state index contributed by atoms with van der Waals surface area (Å²) in [6, 6.07) is 3.35. The second-order valence-corrected chi connectivity index (χ2v) is 9.58. The molecule has 0 radical (unpaired) electrons. The zero-order valence-electron chi connectivity index (χ0n) is 21.2. The quantitative estimate of drug-likeness (QED) is 0.0781. The minimum absolute atomic E-state index is 0.137. The first-order chi connectivity index (χ1) is 17.1. The number of nitrogens with zero attached hydrogens (tertiary/aromatic N) is 2. The van der Waals surface area contributed by atoms with Crippen molar-refractivity contribution >= 4 is 23.3 Å². The Morgan fingerprint density at radius 2 is 1.17 bits per heavy atom. The van der Waals surface area contributed by atoms with Crippen molar-refractivity contribution in [2.75, 3.05) is 0 Å².